The van der Waals surface area contributed by atoms with E-state index < -0.39 is 12.1 Å². The van der Waals surface area contributed by atoms with Crippen molar-refractivity contribution >= 4 is 28.5 Å². The van der Waals surface area contributed by atoms with Gasteiger partial charge >= 0.3 is 6.03 Å². The van der Waals surface area contributed by atoms with Crippen LogP contribution in [0.4, 0.5) is 10.5 Å². The van der Waals surface area contributed by atoms with E-state index in [1.54, 1.807) is 36.1 Å². The van der Waals surface area contributed by atoms with Crippen molar-refractivity contribution in [2.45, 2.75) is 32.6 Å². The van der Waals surface area contributed by atoms with Crippen LogP contribution in [0.2, 0.25) is 0 Å². The number of nitrogens with zero attached hydrogens (tertiary/aromatic N) is 3. The average molecular weight is 585 g/mol. The fourth-order valence-electron chi connectivity index (χ4n) is 5.80. The Kier molecular flexibility index (Phi) is 9.03. The van der Waals surface area contributed by atoms with Gasteiger partial charge in [-0.1, -0.05) is 55.5 Å². The SMILES string of the molecule is COc1cccc(NC(=O)N(C)C[C@H]2OCc3ccccc3-c3c(n(C)c4ccccc34)C(=O)N([C@@H](C)CO)C[C@@H]2C)c1. The van der Waals surface area contributed by atoms with E-state index in [9.17, 15) is 14.7 Å². The van der Waals surface area contributed by atoms with Gasteiger partial charge in [0, 0.05) is 61.3 Å². The second-order valence-electron chi connectivity index (χ2n) is 11.3. The summed E-state index contributed by atoms with van der Waals surface area (Å²) in [7, 11) is 5.23. The number of urea groups is 1. The molecule has 9 nitrogen and oxygen atoms in total. The van der Waals surface area contributed by atoms with Crippen LogP contribution >= 0.6 is 0 Å². The van der Waals surface area contributed by atoms with Gasteiger partial charge in [0.1, 0.15) is 11.4 Å². The van der Waals surface area contributed by atoms with E-state index in [4.69, 9.17) is 9.47 Å². The molecule has 2 N–H and O–H groups in total. The van der Waals surface area contributed by atoms with Gasteiger partial charge in [-0.3, -0.25) is 4.79 Å². The van der Waals surface area contributed by atoms with Gasteiger partial charge in [0.05, 0.1) is 32.5 Å². The molecule has 1 aliphatic heterocycles. The third-order valence-corrected chi connectivity index (χ3v) is 8.35. The minimum absolute atomic E-state index is 0.151. The highest BCUT2D eigenvalue weighted by atomic mass is 16.5. The Labute approximate surface area is 252 Å². The number of methoxy groups -OCH3 is 1. The Morgan fingerprint density at radius 2 is 1.88 bits per heavy atom. The molecule has 0 saturated heterocycles. The summed E-state index contributed by atoms with van der Waals surface area (Å²) in [4.78, 5) is 31.0. The molecule has 5 rings (SSSR count). The summed E-state index contributed by atoms with van der Waals surface area (Å²) in [5, 5.41) is 14.1. The lowest BCUT2D eigenvalue weighted by Gasteiger charge is -2.35. The fourth-order valence-corrected chi connectivity index (χ4v) is 5.80. The number of likely N-dealkylation sites (N-methyl/N-ethyl adjacent to an activating group) is 1. The van der Waals surface area contributed by atoms with Gasteiger partial charge < -0.3 is 34.3 Å². The normalized spacial score (nSPS) is 17.9. The molecule has 1 aromatic heterocycles. The number of carbonyl (C=O) groups excluding carboxylic acids is 2. The molecule has 0 spiro atoms. The Morgan fingerprint density at radius 1 is 1.14 bits per heavy atom. The third kappa shape index (κ3) is 6.09. The molecule has 1 aliphatic rings. The number of para-hydroxylation sites is 1. The molecule has 0 fully saturated rings. The van der Waals surface area contributed by atoms with Crippen LogP contribution in [0.25, 0.3) is 22.0 Å². The van der Waals surface area contributed by atoms with E-state index in [0.29, 0.717) is 36.8 Å². The van der Waals surface area contributed by atoms with Crippen molar-refractivity contribution in [3.05, 3.63) is 84.1 Å². The molecule has 2 heterocycles. The van der Waals surface area contributed by atoms with E-state index in [0.717, 1.165) is 27.6 Å². The second-order valence-corrected chi connectivity index (χ2v) is 11.3. The zero-order valence-corrected chi connectivity index (χ0v) is 25.4. The number of carbonyl (C=O) groups is 2. The van der Waals surface area contributed by atoms with E-state index in [2.05, 4.69) is 5.32 Å². The van der Waals surface area contributed by atoms with Crippen LogP contribution in [0.1, 0.15) is 29.9 Å². The molecule has 0 radical (unpaired) electrons. The number of benzene rings is 3. The van der Waals surface area contributed by atoms with Crippen LogP contribution in [0, 0.1) is 5.92 Å². The number of anilines is 1. The predicted octanol–water partition coefficient (Wildman–Crippen LogP) is 5.38. The average Bonchev–Trinajstić information content (AvgIpc) is 3.32. The van der Waals surface area contributed by atoms with Crippen LogP contribution in [0.5, 0.6) is 5.75 Å². The minimum atomic E-state index is -0.424. The largest absolute Gasteiger partial charge is 0.497 e. The van der Waals surface area contributed by atoms with Crippen molar-refractivity contribution in [3.8, 4) is 16.9 Å². The number of ether oxygens (including phenoxy) is 2. The number of aryl methyl sites for hydroxylation is 1. The van der Waals surface area contributed by atoms with E-state index in [1.165, 1.54) is 0 Å². The maximum atomic E-state index is 14.5. The number of rotatable bonds is 6. The number of aromatic nitrogens is 1. The molecule has 3 atom stereocenters. The first-order valence-electron chi connectivity index (χ1n) is 14.6. The number of amides is 3. The number of aliphatic hydroxyl groups excluding tert-OH is 1. The summed E-state index contributed by atoms with van der Waals surface area (Å²) in [6.07, 6.45) is -0.395. The fraction of sp³-hybridized carbons (Fsp3) is 0.353. The summed E-state index contributed by atoms with van der Waals surface area (Å²) in [6, 6.07) is 22.5. The number of hydrogen-bond donors (Lipinski definition) is 2. The van der Waals surface area contributed by atoms with E-state index in [1.807, 2.05) is 86.1 Å². The summed E-state index contributed by atoms with van der Waals surface area (Å²) >= 11 is 0. The molecular weight excluding hydrogens is 544 g/mol. The molecule has 43 heavy (non-hydrogen) atoms. The summed E-state index contributed by atoms with van der Waals surface area (Å²) < 4.78 is 13.8. The topological polar surface area (TPSA) is 96.3 Å². The Hall–Kier alpha value is -4.34. The number of aliphatic hydroxyl groups is 1. The van der Waals surface area contributed by atoms with E-state index in [-0.39, 0.29) is 24.5 Å². The summed E-state index contributed by atoms with van der Waals surface area (Å²) in [5.41, 5.74) is 4.90. The Morgan fingerprint density at radius 3 is 2.65 bits per heavy atom. The standard InChI is InChI=1S/C34H40N4O5/c1-22-18-38(23(2)20-39)33(40)32-31(28-15-8-9-16-29(28)37(32)4)27-14-7-6-11-24(27)21-43-30(22)19-36(3)34(41)35-25-12-10-13-26(17-25)42-5/h6-17,22-23,30,39H,18-21H2,1-5H3,(H,35,41)/t22-,23-,30+/m0/s1. The summed E-state index contributed by atoms with van der Waals surface area (Å²) in [5.74, 6) is 0.339. The number of hydrogen-bond acceptors (Lipinski definition) is 5. The van der Waals surface area contributed by atoms with Crippen LogP contribution in [-0.2, 0) is 18.4 Å². The van der Waals surface area contributed by atoms with Gasteiger partial charge in [-0.05, 0) is 36.2 Å². The molecule has 4 aromatic rings. The molecule has 9 heteroatoms. The molecule has 3 aromatic carbocycles. The van der Waals surface area contributed by atoms with Crippen molar-refractivity contribution in [3.63, 3.8) is 0 Å². The minimum Gasteiger partial charge on any atom is -0.497 e. The molecule has 0 bridgehead atoms. The van der Waals surface area contributed by atoms with Crippen LogP contribution in [0.3, 0.4) is 0 Å². The Bertz CT molecular complexity index is 1620. The van der Waals surface area contributed by atoms with Gasteiger partial charge in [0.15, 0.2) is 0 Å². The second kappa shape index (κ2) is 12.9. The lowest BCUT2D eigenvalue weighted by atomic mass is 9.96. The summed E-state index contributed by atoms with van der Waals surface area (Å²) in [6.45, 7) is 4.64. The van der Waals surface area contributed by atoms with E-state index >= 15 is 0 Å². The highest BCUT2D eigenvalue weighted by molar-refractivity contribution is 6.10. The van der Waals surface area contributed by atoms with Crippen LogP contribution in [0.15, 0.2) is 72.8 Å². The molecular formula is C34H40N4O5. The molecule has 226 valence electrons. The molecule has 0 saturated carbocycles. The van der Waals surface area contributed by atoms with Gasteiger partial charge in [-0.15, -0.1) is 0 Å². The lowest BCUT2D eigenvalue weighted by molar-refractivity contribution is -0.0179. The zero-order valence-electron chi connectivity index (χ0n) is 25.4. The van der Waals surface area contributed by atoms with Crippen molar-refractivity contribution in [1.29, 1.82) is 0 Å². The quantitative estimate of drug-likeness (QED) is 0.318. The smallest absolute Gasteiger partial charge is 0.321 e. The van der Waals surface area contributed by atoms with Gasteiger partial charge in [0.25, 0.3) is 5.91 Å². The predicted molar refractivity (Wildman–Crippen MR) is 168 cm³/mol. The zero-order chi connectivity index (χ0) is 30.7. The molecule has 0 aliphatic carbocycles. The van der Waals surface area contributed by atoms with Gasteiger partial charge in [0.2, 0.25) is 0 Å². The number of nitrogens with one attached hydrogen (secondary N) is 1. The monoisotopic (exact) mass is 584 g/mol. The third-order valence-electron chi connectivity index (χ3n) is 8.35. The molecule has 0 unspecified atom stereocenters. The number of fused-ring (bicyclic) bond motifs is 5. The highest BCUT2D eigenvalue weighted by Gasteiger charge is 2.34. The highest BCUT2D eigenvalue weighted by Crippen LogP contribution is 2.38. The molecule has 3 amide bonds. The lowest BCUT2D eigenvalue weighted by Crippen LogP contribution is -2.48. The van der Waals surface area contributed by atoms with Crippen molar-refractivity contribution in [1.82, 2.24) is 14.4 Å². The van der Waals surface area contributed by atoms with Crippen molar-refractivity contribution in [2.24, 2.45) is 13.0 Å². The Balaban J connectivity index is 1.52. The van der Waals surface area contributed by atoms with Crippen LogP contribution in [-0.4, -0.2) is 77.4 Å². The first-order valence-corrected chi connectivity index (χ1v) is 14.6. The van der Waals surface area contributed by atoms with Gasteiger partial charge in [-0.25, -0.2) is 4.79 Å². The van der Waals surface area contributed by atoms with Crippen molar-refractivity contribution < 1.29 is 24.2 Å². The van der Waals surface area contributed by atoms with Crippen molar-refractivity contribution in [2.75, 3.05) is 39.2 Å². The first kappa shape index (κ1) is 30.1. The maximum absolute atomic E-state index is 14.5. The first-order chi connectivity index (χ1) is 20.7. The maximum Gasteiger partial charge on any atom is 0.321 e. The van der Waals surface area contributed by atoms with Crippen LogP contribution < -0.4 is 10.1 Å². The van der Waals surface area contributed by atoms with Gasteiger partial charge in [-0.2, -0.15) is 0 Å².